The van der Waals surface area contributed by atoms with Gasteiger partial charge in [0.05, 0.1) is 0 Å². The van der Waals surface area contributed by atoms with E-state index in [9.17, 15) is 13.2 Å². The van der Waals surface area contributed by atoms with Gasteiger partial charge in [-0.2, -0.15) is 0 Å². The summed E-state index contributed by atoms with van der Waals surface area (Å²) >= 11 is 0. The lowest BCUT2D eigenvalue weighted by atomic mass is 9.33. The summed E-state index contributed by atoms with van der Waals surface area (Å²) in [5.74, 6) is -1.03. The van der Waals surface area contributed by atoms with E-state index in [0.29, 0.717) is 0 Å². The first-order valence-electron chi connectivity index (χ1n) is 12.7. The summed E-state index contributed by atoms with van der Waals surface area (Å²) in [7, 11) is 0. The molecule has 0 saturated heterocycles. The molecule has 184 valence electrons. The van der Waals surface area contributed by atoms with E-state index < -0.39 is 0 Å². The van der Waals surface area contributed by atoms with Crippen LogP contribution in [-0.4, -0.2) is 6.71 Å². The lowest BCUT2D eigenvalue weighted by Crippen LogP contribution is -2.61. The normalized spacial score (nSPS) is 13.2. The number of rotatable bonds is 3. The van der Waals surface area contributed by atoms with Crippen molar-refractivity contribution >= 4 is 57.2 Å². The number of benzene rings is 5. The Labute approximate surface area is 219 Å². The number of hydrogen-bond donors (Lipinski definition) is 0. The molecule has 0 bridgehead atoms. The van der Waals surface area contributed by atoms with Crippen LogP contribution in [0.4, 0.5) is 47.3 Å². The van der Waals surface area contributed by atoms with Crippen molar-refractivity contribution < 1.29 is 13.2 Å². The first-order valence-corrected chi connectivity index (χ1v) is 12.7. The lowest BCUT2D eigenvalue weighted by molar-refractivity contribution is 0.628. The molecular formula is C32H22BF3N2. The minimum atomic E-state index is -0.376. The van der Waals surface area contributed by atoms with Crippen LogP contribution in [0.5, 0.6) is 0 Å². The molecule has 0 N–H and O–H groups in total. The zero-order valence-electron chi connectivity index (χ0n) is 20.6. The number of aryl methyl sites for hydroxylation is 1. The van der Waals surface area contributed by atoms with Crippen molar-refractivity contribution in [1.29, 1.82) is 0 Å². The Bertz CT molecular complexity index is 1700. The maximum absolute atomic E-state index is 14.8. The van der Waals surface area contributed by atoms with Crippen LogP contribution in [0, 0.1) is 17.5 Å². The van der Waals surface area contributed by atoms with Crippen LogP contribution in [0.3, 0.4) is 0 Å². The van der Waals surface area contributed by atoms with Crippen molar-refractivity contribution in [3.05, 3.63) is 126 Å². The van der Waals surface area contributed by atoms with E-state index in [1.165, 1.54) is 24.3 Å². The second-order valence-corrected chi connectivity index (χ2v) is 9.72. The number of anilines is 6. The maximum atomic E-state index is 14.8. The van der Waals surface area contributed by atoms with E-state index in [-0.39, 0.29) is 24.2 Å². The van der Waals surface area contributed by atoms with Crippen LogP contribution in [0.2, 0.25) is 0 Å². The van der Waals surface area contributed by atoms with Crippen molar-refractivity contribution in [3.63, 3.8) is 0 Å². The summed E-state index contributed by atoms with van der Waals surface area (Å²) in [4.78, 5) is 4.23. The predicted octanol–water partition coefficient (Wildman–Crippen LogP) is 6.75. The quantitative estimate of drug-likeness (QED) is 0.247. The van der Waals surface area contributed by atoms with Crippen molar-refractivity contribution in [2.45, 2.75) is 13.3 Å². The highest BCUT2D eigenvalue weighted by Gasteiger charge is 2.43. The third-order valence-electron chi connectivity index (χ3n) is 7.56. The van der Waals surface area contributed by atoms with E-state index in [1.807, 2.05) is 36.4 Å². The fourth-order valence-corrected chi connectivity index (χ4v) is 5.93. The largest absolute Gasteiger partial charge is 0.311 e. The summed E-state index contributed by atoms with van der Waals surface area (Å²) in [5.41, 5.74) is 8.87. The molecule has 0 radical (unpaired) electrons. The summed E-state index contributed by atoms with van der Waals surface area (Å²) in [6.07, 6.45) is 0.803. The molecule has 2 nitrogen and oxygen atoms in total. The van der Waals surface area contributed by atoms with E-state index in [4.69, 9.17) is 0 Å². The average Bonchev–Trinajstić information content (AvgIpc) is 2.94. The Morgan fingerprint density at radius 2 is 1.05 bits per heavy atom. The third-order valence-corrected chi connectivity index (χ3v) is 7.56. The molecule has 5 aromatic carbocycles. The van der Waals surface area contributed by atoms with Gasteiger partial charge >= 0.3 is 0 Å². The van der Waals surface area contributed by atoms with Gasteiger partial charge in [0.25, 0.3) is 6.71 Å². The molecule has 0 atom stereocenters. The first-order chi connectivity index (χ1) is 18.5. The molecule has 0 spiro atoms. The molecule has 0 fully saturated rings. The molecular weight excluding hydrogens is 480 g/mol. The molecule has 0 aromatic heterocycles. The van der Waals surface area contributed by atoms with Gasteiger partial charge in [0.15, 0.2) is 0 Å². The fraction of sp³-hybridized carbons (Fsp3) is 0.0625. The highest BCUT2D eigenvalue weighted by Crippen LogP contribution is 2.44. The smallest absolute Gasteiger partial charge is 0.252 e. The van der Waals surface area contributed by atoms with Gasteiger partial charge < -0.3 is 9.80 Å². The Hall–Kier alpha value is -4.45. The first kappa shape index (κ1) is 22.7. The second-order valence-electron chi connectivity index (χ2n) is 9.72. The monoisotopic (exact) mass is 502 g/mol. The standard InChI is InChI=1S/C32H22BF3N2/c1-2-20-16-30-32-31(17-20)38(25-12-8-21(34)9-13-25)29-15-11-23(36)19-27(29)33(32)26-18-22(35)10-14-28(26)37(30)24-6-4-3-5-7-24/h3-19H,2H2,1H3. The van der Waals surface area contributed by atoms with Crippen LogP contribution in [0.1, 0.15) is 12.5 Å². The topological polar surface area (TPSA) is 6.48 Å². The van der Waals surface area contributed by atoms with Crippen molar-refractivity contribution in [1.82, 2.24) is 0 Å². The Morgan fingerprint density at radius 1 is 0.553 bits per heavy atom. The van der Waals surface area contributed by atoms with Gasteiger partial charge in [0, 0.05) is 34.1 Å². The molecule has 7 rings (SSSR count). The van der Waals surface area contributed by atoms with Crippen molar-refractivity contribution in [2.24, 2.45) is 0 Å². The lowest BCUT2D eigenvalue weighted by Gasteiger charge is -2.44. The molecule has 5 aromatic rings. The van der Waals surface area contributed by atoms with Crippen LogP contribution in [0.15, 0.2) is 103 Å². The van der Waals surface area contributed by atoms with Gasteiger partial charge in [0.2, 0.25) is 0 Å². The Kier molecular flexibility index (Phi) is 5.12. The fourth-order valence-electron chi connectivity index (χ4n) is 5.93. The number of halogens is 3. The van der Waals surface area contributed by atoms with Crippen LogP contribution in [0.25, 0.3) is 0 Å². The number of para-hydroxylation sites is 1. The van der Waals surface area contributed by atoms with Crippen molar-refractivity contribution in [3.8, 4) is 0 Å². The van der Waals surface area contributed by atoms with Gasteiger partial charge in [0.1, 0.15) is 17.5 Å². The summed E-state index contributed by atoms with van der Waals surface area (Å²) in [6.45, 7) is 1.73. The van der Waals surface area contributed by atoms with Crippen LogP contribution < -0.4 is 26.2 Å². The molecule has 0 saturated carbocycles. The van der Waals surface area contributed by atoms with Gasteiger partial charge in [-0.3, -0.25) is 0 Å². The van der Waals surface area contributed by atoms with Gasteiger partial charge in [-0.25, -0.2) is 13.2 Å². The average molecular weight is 502 g/mol. The van der Waals surface area contributed by atoms with E-state index in [0.717, 1.165) is 62.5 Å². The number of hydrogen-bond acceptors (Lipinski definition) is 2. The third kappa shape index (κ3) is 3.37. The molecule has 2 aliphatic heterocycles. The zero-order valence-corrected chi connectivity index (χ0v) is 20.6. The SMILES string of the molecule is CCc1cc2c3c(c1)N(c1ccc(F)cc1)c1ccc(F)cc1B3c1cc(F)ccc1N2c1ccccc1. The predicted molar refractivity (Wildman–Crippen MR) is 150 cm³/mol. The number of fused-ring (bicyclic) bond motifs is 4. The van der Waals surface area contributed by atoms with Gasteiger partial charge in [-0.05, 0) is 113 Å². The molecule has 6 heteroatoms. The molecule has 0 amide bonds. The van der Waals surface area contributed by atoms with E-state index in [2.05, 4.69) is 28.9 Å². The van der Waals surface area contributed by atoms with Crippen LogP contribution in [-0.2, 0) is 6.42 Å². The Morgan fingerprint density at radius 3 is 1.58 bits per heavy atom. The number of nitrogens with zero attached hydrogens (tertiary/aromatic N) is 2. The summed E-state index contributed by atoms with van der Waals surface area (Å²) < 4.78 is 43.6. The van der Waals surface area contributed by atoms with Crippen molar-refractivity contribution in [2.75, 3.05) is 9.80 Å². The van der Waals surface area contributed by atoms with Crippen LogP contribution >= 0.6 is 0 Å². The maximum Gasteiger partial charge on any atom is 0.252 e. The highest BCUT2D eigenvalue weighted by atomic mass is 19.1. The zero-order chi connectivity index (χ0) is 26.0. The summed E-state index contributed by atoms with van der Waals surface area (Å²) in [5, 5.41) is 0. The highest BCUT2D eigenvalue weighted by molar-refractivity contribution is 7.00. The summed E-state index contributed by atoms with van der Waals surface area (Å²) in [6, 6.07) is 30.3. The van der Waals surface area contributed by atoms with Gasteiger partial charge in [-0.1, -0.05) is 25.1 Å². The molecule has 0 unspecified atom stereocenters. The Balaban J connectivity index is 1.61. The molecule has 0 aliphatic carbocycles. The molecule has 38 heavy (non-hydrogen) atoms. The minimum absolute atomic E-state index is 0.327. The van der Waals surface area contributed by atoms with Gasteiger partial charge in [-0.15, -0.1) is 0 Å². The van der Waals surface area contributed by atoms with E-state index >= 15 is 0 Å². The minimum Gasteiger partial charge on any atom is -0.311 e. The van der Waals surface area contributed by atoms with E-state index in [1.54, 1.807) is 30.3 Å². The second kappa shape index (κ2) is 8.56. The molecule has 2 heterocycles. The molecule has 2 aliphatic rings.